The molecule has 1 aliphatic rings. The van der Waals surface area contributed by atoms with E-state index in [2.05, 4.69) is 46.4 Å². The number of aryl methyl sites for hydroxylation is 2. The number of nitrogens with zero attached hydrogens (tertiary/aromatic N) is 4. The van der Waals surface area contributed by atoms with Gasteiger partial charge in [0.15, 0.2) is 5.82 Å². The second-order valence-corrected chi connectivity index (χ2v) is 7.32. The van der Waals surface area contributed by atoms with Crippen LogP contribution in [0.25, 0.3) is 0 Å². The maximum absolute atomic E-state index is 12.6. The number of likely N-dealkylation sites (tertiary alicyclic amines) is 1. The van der Waals surface area contributed by atoms with Crippen molar-refractivity contribution in [3.63, 3.8) is 0 Å². The number of hydrogen-bond acceptors (Lipinski definition) is 4. The van der Waals surface area contributed by atoms with E-state index >= 15 is 0 Å². The summed E-state index contributed by atoms with van der Waals surface area (Å²) in [5.74, 6) is 1.02. The first-order chi connectivity index (χ1) is 12.6. The first-order valence-electron chi connectivity index (χ1n) is 9.56. The Labute approximate surface area is 155 Å². The minimum Gasteiger partial charge on any atom is -0.349 e. The maximum atomic E-state index is 12.6. The molecule has 6 nitrogen and oxygen atoms in total. The third kappa shape index (κ3) is 4.91. The molecule has 1 N–H and O–H groups in total. The monoisotopic (exact) mass is 355 g/mol. The highest BCUT2D eigenvalue weighted by Gasteiger charge is 2.26. The van der Waals surface area contributed by atoms with Crippen LogP contribution in [0.3, 0.4) is 0 Å². The number of piperidine rings is 1. The molecule has 1 aromatic carbocycles. The van der Waals surface area contributed by atoms with Gasteiger partial charge in [-0.25, -0.2) is 0 Å². The lowest BCUT2D eigenvalue weighted by Gasteiger charge is -2.34. The van der Waals surface area contributed by atoms with E-state index in [1.165, 1.54) is 5.56 Å². The average Bonchev–Trinajstić information content (AvgIpc) is 3.12. The van der Waals surface area contributed by atoms with Crippen molar-refractivity contribution >= 4 is 5.91 Å². The number of aromatic nitrogens is 3. The zero-order valence-corrected chi connectivity index (χ0v) is 15.8. The molecule has 1 fully saturated rings. The summed E-state index contributed by atoms with van der Waals surface area (Å²) in [5, 5.41) is 11.3. The van der Waals surface area contributed by atoms with Gasteiger partial charge in [0.1, 0.15) is 6.33 Å². The largest absolute Gasteiger partial charge is 0.349 e. The van der Waals surface area contributed by atoms with Gasteiger partial charge in [0.2, 0.25) is 5.91 Å². The van der Waals surface area contributed by atoms with E-state index in [0.29, 0.717) is 12.6 Å². The van der Waals surface area contributed by atoms with Gasteiger partial charge in [-0.3, -0.25) is 4.79 Å². The van der Waals surface area contributed by atoms with Crippen molar-refractivity contribution in [1.82, 2.24) is 25.0 Å². The van der Waals surface area contributed by atoms with Crippen LogP contribution in [0.2, 0.25) is 0 Å². The Balaban J connectivity index is 1.50. The van der Waals surface area contributed by atoms with Crippen LogP contribution in [0.15, 0.2) is 36.7 Å². The third-order valence-electron chi connectivity index (χ3n) is 5.15. The normalized spacial score (nSPS) is 18.2. The second kappa shape index (κ2) is 8.94. The Morgan fingerprint density at radius 1 is 1.31 bits per heavy atom. The Morgan fingerprint density at radius 3 is 2.88 bits per heavy atom. The molecule has 140 valence electrons. The molecular weight excluding hydrogens is 326 g/mol. The molecule has 26 heavy (non-hydrogen) atoms. The lowest BCUT2D eigenvalue weighted by molar-refractivity contribution is -0.127. The van der Waals surface area contributed by atoms with Crippen LogP contribution in [0, 0.1) is 5.92 Å². The number of rotatable bonds is 7. The number of carbonyl (C=O) groups is 1. The van der Waals surface area contributed by atoms with Crippen LogP contribution in [0.1, 0.15) is 38.1 Å². The average molecular weight is 355 g/mol. The standard InChI is InChI=1S/C20H29N5O/c1-16(2)24-11-6-9-18(14-24)20(26)21-13-19-23-22-15-25(19)12-10-17-7-4-3-5-8-17/h3-5,7-8,15-16,18H,6,9-14H2,1-2H3,(H,21,26)/t18-/m0/s1. The predicted molar refractivity (Wildman–Crippen MR) is 101 cm³/mol. The van der Waals surface area contributed by atoms with Gasteiger partial charge in [-0.05, 0) is 45.2 Å². The van der Waals surface area contributed by atoms with Crippen LogP contribution in [0.5, 0.6) is 0 Å². The van der Waals surface area contributed by atoms with E-state index in [9.17, 15) is 4.79 Å². The highest BCUT2D eigenvalue weighted by Crippen LogP contribution is 2.18. The van der Waals surface area contributed by atoms with E-state index in [1.807, 2.05) is 22.8 Å². The molecule has 0 saturated carbocycles. The zero-order chi connectivity index (χ0) is 18.4. The molecule has 1 amide bonds. The van der Waals surface area contributed by atoms with Crippen LogP contribution >= 0.6 is 0 Å². The van der Waals surface area contributed by atoms with Gasteiger partial charge in [-0.2, -0.15) is 0 Å². The Hall–Kier alpha value is -2.21. The Morgan fingerprint density at radius 2 is 2.12 bits per heavy atom. The Bertz CT molecular complexity index is 697. The minimum absolute atomic E-state index is 0.0758. The summed E-state index contributed by atoms with van der Waals surface area (Å²) in [5.41, 5.74) is 1.28. The van der Waals surface area contributed by atoms with E-state index in [4.69, 9.17) is 0 Å². The van der Waals surface area contributed by atoms with Crippen molar-refractivity contribution in [2.75, 3.05) is 13.1 Å². The van der Waals surface area contributed by atoms with Gasteiger partial charge in [0.25, 0.3) is 0 Å². The fourth-order valence-corrected chi connectivity index (χ4v) is 3.50. The smallest absolute Gasteiger partial charge is 0.224 e. The first kappa shape index (κ1) is 18.6. The summed E-state index contributed by atoms with van der Waals surface area (Å²) < 4.78 is 2.02. The molecule has 2 aromatic rings. The Kier molecular flexibility index (Phi) is 6.39. The molecule has 1 atom stereocenters. The predicted octanol–water partition coefficient (Wildman–Crippen LogP) is 2.26. The quantitative estimate of drug-likeness (QED) is 0.827. The van der Waals surface area contributed by atoms with Gasteiger partial charge in [0.05, 0.1) is 12.5 Å². The summed E-state index contributed by atoms with van der Waals surface area (Å²) in [6, 6.07) is 10.9. The lowest BCUT2D eigenvalue weighted by Crippen LogP contribution is -2.45. The van der Waals surface area contributed by atoms with E-state index in [-0.39, 0.29) is 11.8 Å². The van der Waals surface area contributed by atoms with Gasteiger partial charge in [-0.1, -0.05) is 30.3 Å². The fourth-order valence-electron chi connectivity index (χ4n) is 3.50. The van der Waals surface area contributed by atoms with Crippen molar-refractivity contribution in [1.29, 1.82) is 0 Å². The molecule has 6 heteroatoms. The summed E-state index contributed by atoms with van der Waals surface area (Å²) in [7, 11) is 0. The first-order valence-corrected chi connectivity index (χ1v) is 9.56. The van der Waals surface area contributed by atoms with Crippen LogP contribution < -0.4 is 5.32 Å². The number of hydrogen-bond donors (Lipinski definition) is 1. The summed E-state index contributed by atoms with van der Waals surface area (Å²) in [6.07, 6.45) is 4.72. The summed E-state index contributed by atoms with van der Waals surface area (Å²) in [6.45, 7) is 7.57. The molecular formula is C20H29N5O. The van der Waals surface area contributed by atoms with Gasteiger partial charge < -0.3 is 14.8 Å². The van der Waals surface area contributed by atoms with Crippen molar-refractivity contribution in [3.8, 4) is 0 Å². The molecule has 1 saturated heterocycles. The van der Waals surface area contributed by atoms with E-state index in [0.717, 1.165) is 44.7 Å². The molecule has 1 aliphatic heterocycles. The number of nitrogens with one attached hydrogen (secondary N) is 1. The second-order valence-electron chi connectivity index (χ2n) is 7.32. The van der Waals surface area contributed by atoms with Crippen molar-refractivity contribution in [2.45, 2.75) is 52.2 Å². The van der Waals surface area contributed by atoms with Crippen LogP contribution in [0.4, 0.5) is 0 Å². The number of carbonyl (C=O) groups excluding carboxylic acids is 1. The lowest BCUT2D eigenvalue weighted by atomic mass is 9.96. The van der Waals surface area contributed by atoms with E-state index in [1.54, 1.807) is 6.33 Å². The SMILES string of the molecule is CC(C)N1CCC[C@H](C(=O)NCc2nncn2CCc2ccccc2)C1. The van der Waals surface area contributed by atoms with Gasteiger partial charge in [0, 0.05) is 19.1 Å². The summed E-state index contributed by atoms with van der Waals surface area (Å²) >= 11 is 0. The number of amides is 1. The molecule has 0 spiro atoms. The zero-order valence-electron chi connectivity index (χ0n) is 15.8. The molecule has 0 aliphatic carbocycles. The van der Waals surface area contributed by atoms with Gasteiger partial charge in [-0.15, -0.1) is 10.2 Å². The fraction of sp³-hybridized carbons (Fsp3) is 0.550. The highest BCUT2D eigenvalue weighted by atomic mass is 16.1. The molecule has 3 rings (SSSR count). The van der Waals surface area contributed by atoms with Crippen LogP contribution in [-0.2, 0) is 24.3 Å². The van der Waals surface area contributed by atoms with Crippen LogP contribution in [-0.4, -0.2) is 44.7 Å². The maximum Gasteiger partial charge on any atom is 0.224 e. The summed E-state index contributed by atoms with van der Waals surface area (Å²) in [4.78, 5) is 14.9. The molecule has 0 unspecified atom stereocenters. The van der Waals surface area contributed by atoms with Crippen molar-refractivity contribution < 1.29 is 4.79 Å². The minimum atomic E-state index is 0.0758. The molecule has 0 bridgehead atoms. The third-order valence-corrected chi connectivity index (χ3v) is 5.15. The topological polar surface area (TPSA) is 63.1 Å². The molecule has 0 radical (unpaired) electrons. The van der Waals surface area contributed by atoms with Gasteiger partial charge >= 0.3 is 0 Å². The van der Waals surface area contributed by atoms with E-state index < -0.39 is 0 Å². The molecule has 2 heterocycles. The number of benzene rings is 1. The highest BCUT2D eigenvalue weighted by molar-refractivity contribution is 5.78. The van der Waals surface area contributed by atoms with Crippen molar-refractivity contribution in [3.05, 3.63) is 48.0 Å². The molecule has 1 aromatic heterocycles. The van der Waals surface area contributed by atoms with Crippen molar-refractivity contribution in [2.24, 2.45) is 5.92 Å².